The van der Waals surface area contributed by atoms with E-state index >= 15 is 0 Å². The molecule has 0 aliphatic carbocycles. The van der Waals surface area contributed by atoms with Gasteiger partial charge in [-0.2, -0.15) is 0 Å². The third-order valence-corrected chi connectivity index (χ3v) is 2.61. The van der Waals surface area contributed by atoms with Crippen LogP contribution < -0.4 is 16.0 Å². The maximum atomic E-state index is 11.7. The molecule has 3 amide bonds. The van der Waals surface area contributed by atoms with E-state index in [4.69, 9.17) is 9.15 Å². The van der Waals surface area contributed by atoms with Crippen molar-refractivity contribution >= 4 is 12.1 Å². The Bertz CT molecular complexity index is 505. The molecule has 3 N–H and O–H groups in total. The van der Waals surface area contributed by atoms with E-state index < -0.39 is 11.7 Å². The molecule has 0 saturated heterocycles. The first-order valence-corrected chi connectivity index (χ1v) is 7.25. The van der Waals surface area contributed by atoms with Crippen LogP contribution in [0.5, 0.6) is 0 Å². The number of alkyl carbamates (subject to hydrolysis) is 1. The zero-order valence-corrected chi connectivity index (χ0v) is 13.8. The average Bonchev–Trinajstić information content (AvgIpc) is 2.79. The van der Waals surface area contributed by atoms with Crippen LogP contribution in [0, 0.1) is 6.92 Å². The average molecular weight is 311 g/mol. The van der Waals surface area contributed by atoms with E-state index in [-0.39, 0.29) is 18.6 Å². The van der Waals surface area contributed by atoms with Gasteiger partial charge in [0.05, 0.1) is 6.04 Å². The number of urea groups is 1. The third-order valence-electron chi connectivity index (χ3n) is 2.61. The first kappa shape index (κ1) is 17.9. The zero-order valence-electron chi connectivity index (χ0n) is 13.8. The van der Waals surface area contributed by atoms with Gasteiger partial charge < -0.3 is 25.1 Å². The van der Waals surface area contributed by atoms with Crippen LogP contribution in [0.4, 0.5) is 9.59 Å². The van der Waals surface area contributed by atoms with Gasteiger partial charge in [-0.3, -0.25) is 0 Å². The fourth-order valence-corrected chi connectivity index (χ4v) is 1.66. The molecule has 0 aromatic carbocycles. The van der Waals surface area contributed by atoms with Crippen molar-refractivity contribution in [2.24, 2.45) is 0 Å². The van der Waals surface area contributed by atoms with E-state index in [9.17, 15) is 9.59 Å². The van der Waals surface area contributed by atoms with Gasteiger partial charge >= 0.3 is 12.1 Å². The molecule has 7 nitrogen and oxygen atoms in total. The van der Waals surface area contributed by atoms with Crippen LogP contribution in [-0.4, -0.2) is 30.8 Å². The summed E-state index contributed by atoms with van der Waals surface area (Å²) in [5.41, 5.74) is -0.536. The highest BCUT2D eigenvalue weighted by molar-refractivity contribution is 5.74. The first-order valence-electron chi connectivity index (χ1n) is 7.25. The quantitative estimate of drug-likeness (QED) is 0.728. The van der Waals surface area contributed by atoms with E-state index in [1.807, 2.05) is 26.0 Å². The summed E-state index contributed by atoms with van der Waals surface area (Å²) in [4.78, 5) is 23.1. The minimum atomic E-state index is -0.536. The van der Waals surface area contributed by atoms with Crippen molar-refractivity contribution in [1.82, 2.24) is 16.0 Å². The predicted molar refractivity (Wildman–Crippen MR) is 82.6 cm³/mol. The standard InChI is InChI=1S/C15H25N3O4/c1-10-6-7-12(21-10)11(2)18-13(19)16-8-9-17-14(20)22-15(3,4)5/h6-7,11H,8-9H2,1-5H3,(H,17,20)(H2,16,18,19). The highest BCUT2D eigenvalue weighted by Crippen LogP contribution is 2.15. The van der Waals surface area contributed by atoms with Crippen LogP contribution in [0.25, 0.3) is 0 Å². The molecular weight excluding hydrogens is 286 g/mol. The number of carbonyl (C=O) groups excluding carboxylic acids is 2. The summed E-state index contributed by atoms with van der Waals surface area (Å²) in [5, 5.41) is 7.96. The molecule has 0 radical (unpaired) electrons. The third kappa shape index (κ3) is 7.01. The topological polar surface area (TPSA) is 92.6 Å². The summed E-state index contributed by atoms with van der Waals surface area (Å²) in [7, 11) is 0. The molecule has 124 valence electrons. The van der Waals surface area contributed by atoms with Crippen molar-refractivity contribution in [3.63, 3.8) is 0 Å². The van der Waals surface area contributed by atoms with E-state index in [1.54, 1.807) is 20.8 Å². The molecule has 1 atom stereocenters. The van der Waals surface area contributed by atoms with Crippen molar-refractivity contribution in [3.05, 3.63) is 23.7 Å². The largest absolute Gasteiger partial charge is 0.464 e. The maximum absolute atomic E-state index is 11.7. The first-order chi connectivity index (χ1) is 10.2. The number of carbonyl (C=O) groups is 2. The number of rotatable bonds is 5. The number of furan rings is 1. The van der Waals surface area contributed by atoms with E-state index in [0.29, 0.717) is 12.3 Å². The Balaban J connectivity index is 2.20. The Morgan fingerprint density at radius 1 is 1.23 bits per heavy atom. The van der Waals surface area contributed by atoms with Crippen LogP contribution in [0.2, 0.25) is 0 Å². The van der Waals surface area contributed by atoms with Crippen LogP contribution in [0.1, 0.15) is 45.3 Å². The molecule has 1 rings (SSSR count). The molecule has 0 bridgehead atoms. The lowest BCUT2D eigenvalue weighted by atomic mass is 10.2. The number of amides is 3. The number of nitrogens with one attached hydrogen (secondary N) is 3. The normalized spacial score (nSPS) is 12.4. The molecule has 1 aromatic rings. The molecule has 0 fully saturated rings. The minimum absolute atomic E-state index is 0.229. The van der Waals surface area contributed by atoms with E-state index in [1.165, 1.54) is 0 Å². The lowest BCUT2D eigenvalue weighted by molar-refractivity contribution is 0.0528. The Kier molecular flexibility index (Phi) is 6.27. The predicted octanol–water partition coefficient (Wildman–Crippen LogP) is 2.47. The van der Waals surface area contributed by atoms with Gasteiger partial charge in [-0.05, 0) is 46.8 Å². The molecule has 0 aliphatic rings. The Hall–Kier alpha value is -2.18. The minimum Gasteiger partial charge on any atom is -0.464 e. The van der Waals surface area contributed by atoms with Gasteiger partial charge in [0.15, 0.2) is 0 Å². The van der Waals surface area contributed by atoms with Crippen LogP contribution in [0.3, 0.4) is 0 Å². The fraction of sp³-hybridized carbons (Fsp3) is 0.600. The second kappa shape index (κ2) is 7.72. The van der Waals surface area contributed by atoms with Crippen molar-refractivity contribution in [2.75, 3.05) is 13.1 Å². The smallest absolute Gasteiger partial charge is 0.407 e. The summed E-state index contributed by atoms with van der Waals surface area (Å²) in [6.07, 6.45) is -0.505. The molecular formula is C15H25N3O4. The number of hydrogen-bond acceptors (Lipinski definition) is 4. The van der Waals surface area contributed by atoms with Crippen LogP contribution in [-0.2, 0) is 4.74 Å². The SMILES string of the molecule is Cc1ccc(C(C)NC(=O)NCCNC(=O)OC(C)(C)C)o1. The summed E-state index contributed by atoms with van der Waals surface area (Å²) >= 11 is 0. The Labute approximate surface area is 130 Å². The maximum Gasteiger partial charge on any atom is 0.407 e. The molecule has 1 heterocycles. The van der Waals surface area contributed by atoms with Gasteiger partial charge in [0.1, 0.15) is 17.1 Å². The number of aryl methyl sites for hydroxylation is 1. The van der Waals surface area contributed by atoms with E-state index in [0.717, 1.165) is 5.76 Å². The van der Waals surface area contributed by atoms with Crippen LogP contribution in [0.15, 0.2) is 16.5 Å². The number of hydrogen-bond donors (Lipinski definition) is 3. The lowest BCUT2D eigenvalue weighted by Crippen LogP contribution is -2.42. The van der Waals surface area contributed by atoms with Gasteiger partial charge in [-0.15, -0.1) is 0 Å². The second-order valence-corrected chi connectivity index (χ2v) is 6.00. The van der Waals surface area contributed by atoms with Gasteiger partial charge in [0, 0.05) is 13.1 Å². The second-order valence-electron chi connectivity index (χ2n) is 6.00. The lowest BCUT2D eigenvalue weighted by Gasteiger charge is -2.19. The molecule has 0 aliphatic heterocycles. The van der Waals surface area contributed by atoms with Crippen molar-refractivity contribution < 1.29 is 18.7 Å². The molecule has 0 saturated carbocycles. The van der Waals surface area contributed by atoms with Gasteiger partial charge in [-0.25, -0.2) is 9.59 Å². The Morgan fingerprint density at radius 3 is 2.41 bits per heavy atom. The molecule has 1 aromatic heterocycles. The Morgan fingerprint density at radius 2 is 1.86 bits per heavy atom. The van der Waals surface area contributed by atoms with Gasteiger partial charge in [0.25, 0.3) is 0 Å². The van der Waals surface area contributed by atoms with Crippen molar-refractivity contribution in [2.45, 2.75) is 46.3 Å². The molecule has 1 unspecified atom stereocenters. The summed E-state index contributed by atoms with van der Waals surface area (Å²) in [5.74, 6) is 1.49. The highest BCUT2D eigenvalue weighted by Gasteiger charge is 2.16. The zero-order chi connectivity index (χ0) is 16.8. The monoisotopic (exact) mass is 311 g/mol. The molecule has 0 spiro atoms. The van der Waals surface area contributed by atoms with Crippen molar-refractivity contribution in [1.29, 1.82) is 0 Å². The highest BCUT2D eigenvalue weighted by atomic mass is 16.6. The van der Waals surface area contributed by atoms with Crippen molar-refractivity contribution in [3.8, 4) is 0 Å². The number of ether oxygens (including phenoxy) is 1. The van der Waals surface area contributed by atoms with Gasteiger partial charge in [0.2, 0.25) is 0 Å². The summed E-state index contributed by atoms with van der Waals surface area (Å²) in [6, 6.07) is 3.11. The summed E-state index contributed by atoms with van der Waals surface area (Å²) in [6.45, 7) is 9.63. The van der Waals surface area contributed by atoms with Gasteiger partial charge in [-0.1, -0.05) is 0 Å². The molecule has 7 heteroatoms. The fourth-order valence-electron chi connectivity index (χ4n) is 1.66. The molecule has 22 heavy (non-hydrogen) atoms. The van der Waals surface area contributed by atoms with E-state index in [2.05, 4.69) is 16.0 Å². The van der Waals surface area contributed by atoms with Crippen LogP contribution >= 0.6 is 0 Å². The summed E-state index contributed by atoms with van der Waals surface area (Å²) < 4.78 is 10.5.